The first-order chi connectivity index (χ1) is 15.1. The third-order valence-electron chi connectivity index (χ3n) is 5.58. The number of aromatic amines is 1. The Morgan fingerprint density at radius 1 is 1.13 bits per heavy atom. The first-order valence-corrected chi connectivity index (χ1v) is 9.92. The number of para-hydroxylation sites is 1. The minimum Gasteiger partial charge on any atom is -0.507 e. The number of benzene rings is 1. The number of hydrogen-bond acceptors (Lipinski definition) is 5. The number of pyridine rings is 1. The van der Waals surface area contributed by atoms with Gasteiger partial charge in [-0.3, -0.25) is 14.6 Å². The molecule has 1 unspecified atom stereocenters. The van der Waals surface area contributed by atoms with E-state index in [1.165, 1.54) is 17.4 Å². The molecule has 7 heteroatoms. The third-order valence-corrected chi connectivity index (χ3v) is 5.58. The molecule has 5 rings (SSSR count). The molecule has 0 aliphatic carbocycles. The fourth-order valence-electron chi connectivity index (χ4n) is 4.09. The highest BCUT2D eigenvalue weighted by atomic mass is 16.3. The Morgan fingerprint density at radius 2 is 2.00 bits per heavy atom. The topological polar surface area (TPSA) is 99.4 Å². The van der Waals surface area contributed by atoms with Gasteiger partial charge in [0.1, 0.15) is 17.6 Å². The molecule has 1 aromatic carbocycles. The molecule has 31 heavy (non-hydrogen) atoms. The molecular formula is C24H19N3O4. The standard InChI is InChI=1S/C24H19N3O4/c28-22(16-5-3-10-25-13-16)20-21(19-8-4-12-31-19)27(24(30)23(20)29)11-9-15-14-26-18-7-2-1-6-17(15)18/h1-8,10,12-14,21,26,28H,9,11H2. The number of carbonyl (C=O) groups is 2. The van der Waals surface area contributed by atoms with E-state index in [0.29, 0.717) is 24.3 Å². The average Bonchev–Trinajstić information content (AvgIpc) is 3.53. The van der Waals surface area contributed by atoms with Crippen molar-refractivity contribution in [3.63, 3.8) is 0 Å². The minimum atomic E-state index is -0.805. The number of carbonyl (C=O) groups excluding carboxylic acids is 2. The van der Waals surface area contributed by atoms with Crippen molar-refractivity contribution in [1.82, 2.24) is 14.9 Å². The third kappa shape index (κ3) is 3.20. The molecule has 2 N–H and O–H groups in total. The lowest BCUT2D eigenvalue weighted by Crippen LogP contribution is -2.31. The summed E-state index contributed by atoms with van der Waals surface area (Å²) >= 11 is 0. The Hall–Kier alpha value is -4.13. The Kier molecular flexibility index (Phi) is 4.63. The monoisotopic (exact) mass is 413 g/mol. The molecule has 4 aromatic rings. The maximum atomic E-state index is 12.9. The van der Waals surface area contributed by atoms with Crippen LogP contribution in [0, 0.1) is 0 Å². The molecule has 1 fully saturated rings. The number of furan rings is 1. The summed E-state index contributed by atoms with van der Waals surface area (Å²) in [6, 6.07) is 13.8. The average molecular weight is 413 g/mol. The summed E-state index contributed by atoms with van der Waals surface area (Å²) in [4.78, 5) is 34.6. The molecule has 1 aliphatic rings. The molecule has 0 saturated carbocycles. The minimum absolute atomic E-state index is 0.00637. The smallest absolute Gasteiger partial charge is 0.295 e. The van der Waals surface area contributed by atoms with E-state index in [9.17, 15) is 14.7 Å². The van der Waals surface area contributed by atoms with Crippen LogP contribution in [0.4, 0.5) is 0 Å². The van der Waals surface area contributed by atoms with Crippen LogP contribution in [0.2, 0.25) is 0 Å². The molecule has 7 nitrogen and oxygen atoms in total. The highest BCUT2D eigenvalue weighted by Crippen LogP contribution is 2.39. The van der Waals surface area contributed by atoms with E-state index in [1.54, 1.807) is 30.5 Å². The molecule has 1 aliphatic heterocycles. The van der Waals surface area contributed by atoms with Crippen LogP contribution in [0.25, 0.3) is 16.7 Å². The molecule has 0 radical (unpaired) electrons. The summed E-state index contributed by atoms with van der Waals surface area (Å²) < 4.78 is 5.55. The van der Waals surface area contributed by atoms with Gasteiger partial charge in [0.25, 0.3) is 11.7 Å². The van der Waals surface area contributed by atoms with Crippen LogP contribution in [-0.4, -0.2) is 38.2 Å². The van der Waals surface area contributed by atoms with Gasteiger partial charge in [0.15, 0.2) is 0 Å². The van der Waals surface area contributed by atoms with Gasteiger partial charge in [0, 0.05) is 41.6 Å². The molecule has 154 valence electrons. The summed E-state index contributed by atoms with van der Waals surface area (Å²) in [6.45, 7) is 0.293. The van der Waals surface area contributed by atoms with Crippen LogP contribution < -0.4 is 0 Å². The number of nitrogens with zero attached hydrogens (tertiary/aromatic N) is 2. The van der Waals surface area contributed by atoms with Gasteiger partial charge in [-0.15, -0.1) is 0 Å². The van der Waals surface area contributed by atoms with E-state index in [4.69, 9.17) is 4.42 Å². The van der Waals surface area contributed by atoms with Crippen molar-refractivity contribution in [3.8, 4) is 0 Å². The molecular weight excluding hydrogens is 394 g/mol. The lowest BCUT2D eigenvalue weighted by Gasteiger charge is -2.23. The first kappa shape index (κ1) is 18.9. The van der Waals surface area contributed by atoms with Crippen molar-refractivity contribution < 1.29 is 19.1 Å². The van der Waals surface area contributed by atoms with Gasteiger partial charge in [-0.1, -0.05) is 18.2 Å². The van der Waals surface area contributed by atoms with E-state index in [-0.39, 0.29) is 11.3 Å². The quantitative estimate of drug-likeness (QED) is 0.294. The number of Topliss-reactive ketones (excluding diaryl/α,β-unsaturated/α-hetero) is 1. The van der Waals surface area contributed by atoms with E-state index in [0.717, 1.165) is 16.5 Å². The van der Waals surface area contributed by atoms with Crippen molar-refractivity contribution in [2.24, 2.45) is 0 Å². The molecule has 1 saturated heterocycles. The van der Waals surface area contributed by atoms with E-state index in [1.807, 2.05) is 30.5 Å². The van der Waals surface area contributed by atoms with Gasteiger partial charge in [0.05, 0.1) is 11.8 Å². The summed E-state index contributed by atoms with van der Waals surface area (Å²) in [6.07, 6.45) is 6.97. The Labute approximate surface area is 177 Å². The number of aliphatic hydroxyl groups excluding tert-OH is 1. The number of H-pyrrole nitrogens is 1. The van der Waals surface area contributed by atoms with Crippen LogP contribution in [0.3, 0.4) is 0 Å². The summed E-state index contributed by atoms with van der Waals surface area (Å²) in [5.74, 6) is -1.24. The lowest BCUT2D eigenvalue weighted by atomic mass is 10.00. The zero-order chi connectivity index (χ0) is 21.4. The molecule has 3 aromatic heterocycles. The second-order valence-electron chi connectivity index (χ2n) is 7.36. The van der Waals surface area contributed by atoms with Gasteiger partial charge in [-0.05, 0) is 42.3 Å². The number of rotatable bonds is 5. The summed E-state index contributed by atoms with van der Waals surface area (Å²) in [7, 11) is 0. The van der Waals surface area contributed by atoms with Crippen molar-refractivity contribution in [2.45, 2.75) is 12.5 Å². The van der Waals surface area contributed by atoms with Crippen LogP contribution in [0.5, 0.6) is 0 Å². The zero-order valence-corrected chi connectivity index (χ0v) is 16.5. The van der Waals surface area contributed by atoms with Gasteiger partial charge in [-0.2, -0.15) is 0 Å². The number of ketones is 1. The number of nitrogens with one attached hydrogen (secondary N) is 1. The number of hydrogen-bond donors (Lipinski definition) is 2. The highest BCUT2D eigenvalue weighted by Gasteiger charge is 2.47. The fraction of sp³-hybridized carbons (Fsp3) is 0.125. The molecule has 4 heterocycles. The van der Waals surface area contributed by atoms with Gasteiger partial charge in [-0.25, -0.2) is 0 Å². The highest BCUT2D eigenvalue weighted by molar-refractivity contribution is 6.46. The van der Waals surface area contributed by atoms with Crippen LogP contribution in [0.15, 0.2) is 83.4 Å². The van der Waals surface area contributed by atoms with E-state index in [2.05, 4.69) is 9.97 Å². The van der Waals surface area contributed by atoms with E-state index >= 15 is 0 Å². The predicted octanol–water partition coefficient (Wildman–Crippen LogP) is 3.82. The largest absolute Gasteiger partial charge is 0.507 e. The molecule has 0 spiro atoms. The maximum absolute atomic E-state index is 12.9. The van der Waals surface area contributed by atoms with E-state index < -0.39 is 17.7 Å². The summed E-state index contributed by atoms with van der Waals surface area (Å²) in [5, 5.41) is 12.0. The number of aromatic nitrogens is 2. The van der Waals surface area contributed by atoms with Crippen LogP contribution in [-0.2, 0) is 16.0 Å². The number of aliphatic hydroxyl groups is 1. The SMILES string of the molecule is O=C1C(=O)N(CCc2c[nH]c3ccccc23)C(c2ccco2)C1=C(O)c1cccnc1. The Balaban J connectivity index is 1.53. The predicted molar refractivity (Wildman–Crippen MR) is 114 cm³/mol. The van der Waals surface area contributed by atoms with Gasteiger partial charge in [0.2, 0.25) is 0 Å². The maximum Gasteiger partial charge on any atom is 0.295 e. The van der Waals surface area contributed by atoms with Gasteiger partial charge >= 0.3 is 0 Å². The van der Waals surface area contributed by atoms with Gasteiger partial charge < -0.3 is 19.4 Å². The van der Waals surface area contributed by atoms with Crippen LogP contribution >= 0.6 is 0 Å². The normalized spacial score (nSPS) is 18.2. The van der Waals surface area contributed by atoms with Crippen molar-refractivity contribution in [1.29, 1.82) is 0 Å². The zero-order valence-electron chi connectivity index (χ0n) is 16.5. The Bertz CT molecular complexity index is 1290. The second-order valence-corrected chi connectivity index (χ2v) is 7.36. The number of fused-ring (bicyclic) bond motifs is 1. The fourth-order valence-corrected chi connectivity index (χ4v) is 4.09. The first-order valence-electron chi connectivity index (χ1n) is 9.92. The van der Waals surface area contributed by atoms with Crippen molar-refractivity contribution in [2.75, 3.05) is 6.54 Å². The Morgan fingerprint density at radius 3 is 2.77 bits per heavy atom. The van der Waals surface area contributed by atoms with Crippen molar-refractivity contribution >= 4 is 28.4 Å². The lowest BCUT2D eigenvalue weighted by molar-refractivity contribution is -0.140. The second kappa shape index (κ2) is 7.60. The van der Waals surface area contributed by atoms with Crippen LogP contribution in [0.1, 0.15) is 22.9 Å². The number of likely N-dealkylation sites (tertiary alicyclic amines) is 1. The van der Waals surface area contributed by atoms with Crippen molar-refractivity contribution in [3.05, 3.63) is 95.8 Å². The summed E-state index contributed by atoms with van der Waals surface area (Å²) in [5.41, 5.74) is 2.43. The number of amides is 1. The molecule has 1 amide bonds. The molecule has 0 bridgehead atoms. The molecule has 1 atom stereocenters.